The normalized spacial score (nSPS) is 16.4. The number of halogens is 3. The van der Waals surface area contributed by atoms with Gasteiger partial charge in [-0.1, -0.05) is 54.9 Å². The molecule has 2 atom stereocenters. The van der Waals surface area contributed by atoms with Crippen LogP contribution in [0.2, 0.25) is 5.02 Å². The van der Waals surface area contributed by atoms with Crippen LogP contribution in [0.4, 0.5) is 14.5 Å². The standard InChI is InChI=1S/C25H25ClF2N2OS/c1-3-17-4-6-18(7-5-17)25(19-8-10-20(26)11-9-19)29-15-24(16-29)30(32(2)31)23-13-21(27)12-22(28)14-23/h4-14,24-25H,3,15-16H2,1-2H3. The Labute approximate surface area is 195 Å². The number of anilines is 1. The van der Waals surface area contributed by atoms with E-state index in [0.29, 0.717) is 23.8 Å². The Bertz CT molecular complexity index is 1080. The maximum atomic E-state index is 13.8. The molecular weight excluding hydrogens is 450 g/mol. The average molecular weight is 475 g/mol. The van der Waals surface area contributed by atoms with Gasteiger partial charge in [0.05, 0.1) is 17.8 Å². The van der Waals surface area contributed by atoms with Crippen LogP contribution in [0, 0.1) is 11.6 Å². The van der Waals surface area contributed by atoms with Crippen molar-refractivity contribution in [2.24, 2.45) is 0 Å². The molecule has 0 saturated carbocycles. The second-order valence-corrected chi connectivity index (χ2v) is 9.71. The minimum Gasteiger partial charge on any atom is -0.288 e. The van der Waals surface area contributed by atoms with Crippen LogP contribution in [0.25, 0.3) is 0 Å². The lowest BCUT2D eigenvalue weighted by Gasteiger charge is -2.48. The first-order valence-electron chi connectivity index (χ1n) is 10.5. The van der Waals surface area contributed by atoms with Crippen LogP contribution in [-0.2, 0) is 17.4 Å². The summed E-state index contributed by atoms with van der Waals surface area (Å²) in [5.41, 5.74) is 3.83. The minimum absolute atomic E-state index is 0.00538. The zero-order chi connectivity index (χ0) is 22.8. The van der Waals surface area contributed by atoms with Crippen LogP contribution in [0.1, 0.15) is 29.7 Å². The highest BCUT2D eigenvalue weighted by molar-refractivity contribution is 7.85. The molecule has 1 aliphatic rings. The van der Waals surface area contributed by atoms with Crippen molar-refractivity contribution >= 4 is 28.3 Å². The number of rotatable bonds is 7. The summed E-state index contributed by atoms with van der Waals surface area (Å²) >= 11 is 6.11. The molecule has 0 N–H and O–H groups in total. The lowest BCUT2D eigenvalue weighted by molar-refractivity contribution is 0.116. The zero-order valence-corrected chi connectivity index (χ0v) is 19.5. The van der Waals surface area contributed by atoms with E-state index in [1.54, 1.807) is 4.31 Å². The molecule has 2 unspecified atom stereocenters. The summed E-state index contributed by atoms with van der Waals surface area (Å²) in [4.78, 5) is 2.28. The molecule has 1 fully saturated rings. The van der Waals surface area contributed by atoms with E-state index in [1.807, 2.05) is 24.3 Å². The van der Waals surface area contributed by atoms with Crippen LogP contribution in [-0.4, -0.2) is 34.5 Å². The van der Waals surface area contributed by atoms with E-state index < -0.39 is 22.6 Å². The van der Waals surface area contributed by atoms with E-state index in [2.05, 4.69) is 36.1 Å². The Morgan fingerprint density at radius 1 is 1.00 bits per heavy atom. The average Bonchev–Trinajstić information content (AvgIpc) is 2.72. The number of nitrogens with zero attached hydrogens (tertiary/aromatic N) is 2. The largest absolute Gasteiger partial charge is 0.288 e. The van der Waals surface area contributed by atoms with Crippen molar-refractivity contribution < 1.29 is 13.0 Å². The highest BCUT2D eigenvalue weighted by atomic mass is 35.5. The van der Waals surface area contributed by atoms with Crippen LogP contribution in [0.15, 0.2) is 66.7 Å². The molecule has 32 heavy (non-hydrogen) atoms. The van der Waals surface area contributed by atoms with Gasteiger partial charge >= 0.3 is 0 Å². The fourth-order valence-corrected chi connectivity index (χ4v) is 5.36. The fraction of sp³-hybridized carbons (Fsp3) is 0.280. The van der Waals surface area contributed by atoms with Gasteiger partial charge in [0.1, 0.15) is 22.6 Å². The third-order valence-electron chi connectivity index (χ3n) is 5.86. The second-order valence-electron chi connectivity index (χ2n) is 8.03. The molecule has 0 amide bonds. The van der Waals surface area contributed by atoms with E-state index >= 15 is 0 Å². The Morgan fingerprint density at radius 3 is 2.03 bits per heavy atom. The van der Waals surface area contributed by atoms with Crippen molar-refractivity contribution in [2.45, 2.75) is 25.4 Å². The summed E-state index contributed by atoms with van der Waals surface area (Å²) in [5.74, 6) is -1.36. The third kappa shape index (κ3) is 4.87. The van der Waals surface area contributed by atoms with Gasteiger partial charge in [-0.25, -0.2) is 13.0 Å². The Balaban J connectivity index is 1.61. The van der Waals surface area contributed by atoms with Crippen molar-refractivity contribution in [3.05, 3.63) is 100 Å². The molecule has 1 saturated heterocycles. The minimum atomic E-state index is -1.42. The Hall–Kier alpha value is -2.28. The molecule has 3 nitrogen and oxygen atoms in total. The molecule has 7 heteroatoms. The van der Waals surface area contributed by atoms with Crippen molar-refractivity contribution in [3.8, 4) is 0 Å². The Morgan fingerprint density at radius 2 is 1.53 bits per heavy atom. The SMILES string of the molecule is CCc1ccc(C(c2ccc(Cl)cc2)N2CC(N(c3cc(F)cc(F)c3)S(C)=O)C2)cc1. The summed E-state index contributed by atoms with van der Waals surface area (Å²) in [7, 11) is -1.42. The van der Waals surface area contributed by atoms with Gasteiger partial charge in [-0.15, -0.1) is 0 Å². The molecule has 0 bridgehead atoms. The zero-order valence-electron chi connectivity index (χ0n) is 18.0. The number of hydrogen-bond acceptors (Lipinski definition) is 2. The second kappa shape index (κ2) is 9.69. The molecule has 4 rings (SSSR count). The predicted octanol–water partition coefficient (Wildman–Crippen LogP) is 5.75. The molecule has 0 spiro atoms. The van der Waals surface area contributed by atoms with Gasteiger partial charge < -0.3 is 0 Å². The molecule has 3 aromatic rings. The molecule has 1 heterocycles. The highest BCUT2D eigenvalue weighted by Gasteiger charge is 2.39. The molecule has 1 aliphatic heterocycles. The van der Waals surface area contributed by atoms with Crippen LogP contribution in [0.5, 0.6) is 0 Å². The van der Waals surface area contributed by atoms with Crippen LogP contribution < -0.4 is 4.31 Å². The maximum absolute atomic E-state index is 13.8. The first-order chi connectivity index (χ1) is 15.4. The van der Waals surface area contributed by atoms with Gasteiger partial charge in [-0.2, -0.15) is 0 Å². The van der Waals surface area contributed by atoms with Crippen molar-refractivity contribution in [2.75, 3.05) is 23.7 Å². The number of benzene rings is 3. The van der Waals surface area contributed by atoms with Crippen LogP contribution >= 0.6 is 11.6 Å². The van der Waals surface area contributed by atoms with E-state index in [1.165, 1.54) is 24.0 Å². The van der Waals surface area contributed by atoms with Crippen molar-refractivity contribution in [3.63, 3.8) is 0 Å². The third-order valence-corrected chi connectivity index (χ3v) is 7.17. The predicted molar refractivity (Wildman–Crippen MR) is 127 cm³/mol. The van der Waals surface area contributed by atoms with Gasteiger partial charge in [0.2, 0.25) is 0 Å². The molecule has 3 aromatic carbocycles. The molecule has 168 valence electrons. The van der Waals surface area contributed by atoms with Gasteiger partial charge in [0.25, 0.3) is 0 Å². The number of aryl methyl sites for hydroxylation is 1. The smallest absolute Gasteiger partial charge is 0.128 e. The van der Waals surface area contributed by atoms with Crippen molar-refractivity contribution in [1.29, 1.82) is 0 Å². The van der Waals surface area contributed by atoms with Gasteiger partial charge in [-0.05, 0) is 47.4 Å². The summed E-state index contributed by atoms with van der Waals surface area (Å²) in [5, 5.41) is 0.677. The van der Waals surface area contributed by atoms with E-state index in [-0.39, 0.29) is 12.1 Å². The van der Waals surface area contributed by atoms with Gasteiger partial charge in [-0.3, -0.25) is 9.21 Å². The molecule has 0 aromatic heterocycles. The summed E-state index contributed by atoms with van der Waals surface area (Å²) in [6.07, 6.45) is 2.50. The monoisotopic (exact) mass is 474 g/mol. The first kappa shape index (κ1) is 22.9. The van der Waals surface area contributed by atoms with E-state index in [0.717, 1.165) is 23.6 Å². The lowest BCUT2D eigenvalue weighted by atomic mass is 9.92. The highest BCUT2D eigenvalue weighted by Crippen LogP contribution is 2.36. The lowest BCUT2D eigenvalue weighted by Crippen LogP contribution is -2.60. The Kier molecular flexibility index (Phi) is 6.93. The number of hydrogen-bond donors (Lipinski definition) is 0. The summed E-state index contributed by atoms with van der Waals surface area (Å²) in [6.45, 7) is 3.35. The van der Waals surface area contributed by atoms with E-state index in [9.17, 15) is 13.0 Å². The fourth-order valence-electron chi connectivity index (χ4n) is 4.28. The topological polar surface area (TPSA) is 23.6 Å². The molecule has 0 radical (unpaired) electrons. The molecule has 0 aliphatic carbocycles. The van der Waals surface area contributed by atoms with E-state index in [4.69, 9.17) is 11.6 Å². The summed E-state index contributed by atoms with van der Waals surface area (Å²) in [6, 6.07) is 19.5. The number of likely N-dealkylation sites (tertiary alicyclic amines) is 1. The van der Waals surface area contributed by atoms with Crippen molar-refractivity contribution in [1.82, 2.24) is 4.90 Å². The summed E-state index contributed by atoms with van der Waals surface area (Å²) < 4.78 is 41.7. The quantitative estimate of drug-likeness (QED) is 0.435. The first-order valence-corrected chi connectivity index (χ1v) is 12.4. The van der Waals surface area contributed by atoms with Crippen LogP contribution in [0.3, 0.4) is 0 Å². The van der Waals surface area contributed by atoms with Gasteiger partial charge in [0.15, 0.2) is 0 Å². The molecular formula is C25H25ClF2N2OS. The van der Waals surface area contributed by atoms with Gasteiger partial charge in [0, 0.05) is 30.4 Å². The maximum Gasteiger partial charge on any atom is 0.128 e.